The monoisotopic (exact) mass is 423 g/mol. The molecular formula is C26H33NO4. The Kier molecular flexibility index (Phi) is 7.16. The van der Waals surface area contributed by atoms with Gasteiger partial charge in [-0.05, 0) is 55.9 Å². The van der Waals surface area contributed by atoms with Gasteiger partial charge < -0.3 is 15.2 Å². The fourth-order valence-electron chi connectivity index (χ4n) is 3.98. The summed E-state index contributed by atoms with van der Waals surface area (Å²) in [4.78, 5) is 24.5. The molecule has 166 valence electrons. The molecule has 1 aliphatic carbocycles. The summed E-state index contributed by atoms with van der Waals surface area (Å²) in [6, 6.07) is 16.1. The van der Waals surface area contributed by atoms with Gasteiger partial charge in [0.2, 0.25) is 0 Å². The first-order valence-electron chi connectivity index (χ1n) is 11.0. The van der Waals surface area contributed by atoms with E-state index in [9.17, 15) is 9.59 Å². The predicted molar refractivity (Wildman–Crippen MR) is 122 cm³/mol. The van der Waals surface area contributed by atoms with Crippen LogP contribution in [0.3, 0.4) is 0 Å². The summed E-state index contributed by atoms with van der Waals surface area (Å²) in [5.74, 6) is -0.757. The molecule has 1 unspecified atom stereocenters. The van der Waals surface area contributed by atoms with Gasteiger partial charge in [-0.15, -0.1) is 0 Å². The molecule has 0 aliphatic heterocycles. The van der Waals surface area contributed by atoms with Gasteiger partial charge in [-0.3, -0.25) is 9.59 Å². The minimum absolute atomic E-state index is 0.0414. The van der Waals surface area contributed by atoms with Gasteiger partial charge in [0.05, 0.1) is 12.3 Å². The minimum atomic E-state index is -0.505. The molecule has 31 heavy (non-hydrogen) atoms. The van der Waals surface area contributed by atoms with Crippen molar-refractivity contribution in [3.8, 4) is 11.1 Å². The van der Waals surface area contributed by atoms with Crippen molar-refractivity contribution in [3.05, 3.63) is 59.7 Å². The van der Waals surface area contributed by atoms with Crippen LogP contribution >= 0.6 is 0 Å². The van der Waals surface area contributed by atoms with Crippen LogP contribution in [0.25, 0.3) is 11.1 Å². The van der Waals surface area contributed by atoms with Crippen molar-refractivity contribution in [1.82, 2.24) is 0 Å². The number of fused-ring (bicyclic) bond motifs is 3. The van der Waals surface area contributed by atoms with Crippen molar-refractivity contribution in [2.45, 2.75) is 64.5 Å². The highest BCUT2D eigenvalue weighted by molar-refractivity contribution is 5.79. The molecule has 0 heterocycles. The van der Waals surface area contributed by atoms with Crippen LogP contribution in [0.1, 0.15) is 64.0 Å². The highest BCUT2D eigenvalue weighted by Gasteiger charge is 2.29. The van der Waals surface area contributed by atoms with Gasteiger partial charge >= 0.3 is 11.9 Å². The largest absolute Gasteiger partial charge is 0.465 e. The molecule has 0 spiro atoms. The number of hydrogen-bond donors (Lipinski definition) is 1. The van der Waals surface area contributed by atoms with Crippen molar-refractivity contribution >= 4 is 11.9 Å². The molecule has 2 aromatic carbocycles. The quantitative estimate of drug-likeness (QED) is 0.616. The van der Waals surface area contributed by atoms with Crippen LogP contribution in [0.15, 0.2) is 48.5 Å². The number of hydrogen-bond acceptors (Lipinski definition) is 5. The molecule has 2 aromatic rings. The van der Waals surface area contributed by atoms with Crippen molar-refractivity contribution in [1.29, 1.82) is 0 Å². The zero-order valence-corrected chi connectivity index (χ0v) is 18.9. The zero-order valence-electron chi connectivity index (χ0n) is 18.9. The van der Waals surface area contributed by atoms with Gasteiger partial charge in [-0.2, -0.15) is 0 Å². The highest BCUT2D eigenvalue weighted by atomic mass is 16.6. The van der Waals surface area contributed by atoms with Crippen molar-refractivity contribution in [3.63, 3.8) is 0 Å². The number of benzene rings is 2. The first-order valence-corrected chi connectivity index (χ1v) is 11.0. The lowest BCUT2D eigenvalue weighted by molar-refractivity contribution is -0.159. The van der Waals surface area contributed by atoms with E-state index in [0.29, 0.717) is 19.4 Å². The second kappa shape index (κ2) is 9.65. The minimum Gasteiger partial charge on any atom is -0.465 e. The first kappa shape index (κ1) is 23.0. The van der Waals surface area contributed by atoms with E-state index < -0.39 is 5.60 Å². The van der Waals surface area contributed by atoms with Crippen LogP contribution in [-0.4, -0.2) is 30.2 Å². The molecule has 0 saturated heterocycles. The Bertz CT molecular complexity index is 885. The van der Waals surface area contributed by atoms with E-state index in [0.717, 1.165) is 0 Å². The maximum Gasteiger partial charge on any atom is 0.309 e. The van der Waals surface area contributed by atoms with Crippen LogP contribution in [-0.2, 0) is 19.1 Å². The number of nitrogens with two attached hydrogens (primary N) is 1. The van der Waals surface area contributed by atoms with Crippen molar-refractivity contribution < 1.29 is 19.1 Å². The third-order valence-electron chi connectivity index (χ3n) is 5.58. The van der Waals surface area contributed by atoms with Gasteiger partial charge in [0.25, 0.3) is 0 Å². The molecule has 2 N–H and O–H groups in total. The summed E-state index contributed by atoms with van der Waals surface area (Å²) in [5, 5.41) is 0. The van der Waals surface area contributed by atoms with E-state index >= 15 is 0 Å². The maximum absolute atomic E-state index is 12.4. The third kappa shape index (κ3) is 5.95. The van der Waals surface area contributed by atoms with Crippen molar-refractivity contribution in [2.75, 3.05) is 6.61 Å². The fraction of sp³-hybridized carbons (Fsp3) is 0.462. The topological polar surface area (TPSA) is 78.6 Å². The van der Waals surface area contributed by atoms with Crippen LogP contribution in [0.4, 0.5) is 0 Å². The van der Waals surface area contributed by atoms with Gasteiger partial charge in [0, 0.05) is 12.0 Å². The summed E-state index contributed by atoms with van der Waals surface area (Å²) in [5.41, 5.74) is 10.4. The van der Waals surface area contributed by atoms with Gasteiger partial charge in [0.15, 0.2) is 0 Å². The Morgan fingerprint density at radius 2 is 1.52 bits per heavy atom. The molecule has 0 amide bonds. The summed E-state index contributed by atoms with van der Waals surface area (Å²) < 4.78 is 11.0. The Morgan fingerprint density at radius 3 is 2.06 bits per heavy atom. The molecule has 0 aromatic heterocycles. The van der Waals surface area contributed by atoms with Crippen LogP contribution in [0.5, 0.6) is 0 Å². The highest BCUT2D eigenvalue weighted by Crippen LogP contribution is 2.44. The van der Waals surface area contributed by atoms with E-state index in [1.807, 2.05) is 52.0 Å². The summed E-state index contributed by atoms with van der Waals surface area (Å²) in [6.07, 6.45) is 1.27. The smallest absolute Gasteiger partial charge is 0.309 e. The SMILES string of the molecule is CC(CC[C@H](N)CC(=O)OCC1c2ccccc2-c2ccccc21)C(=O)OC(C)(C)C. The second-order valence-corrected chi connectivity index (χ2v) is 9.39. The molecule has 0 bridgehead atoms. The first-order chi connectivity index (χ1) is 14.7. The van der Waals surface area contributed by atoms with Crippen LogP contribution in [0.2, 0.25) is 0 Å². The lowest BCUT2D eigenvalue weighted by Crippen LogP contribution is -2.30. The van der Waals surface area contributed by atoms with E-state index in [-0.39, 0.29) is 36.2 Å². The Morgan fingerprint density at radius 1 is 0.968 bits per heavy atom. The number of carbonyl (C=O) groups is 2. The van der Waals surface area contributed by atoms with Gasteiger partial charge in [-0.25, -0.2) is 0 Å². The lowest BCUT2D eigenvalue weighted by atomic mass is 9.98. The molecule has 0 fully saturated rings. The molecule has 1 aliphatic rings. The molecule has 5 heteroatoms. The van der Waals surface area contributed by atoms with Crippen LogP contribution < -0.4 is 5.73 Å². The van der Waals surface area contributed by atoms with Crippen molar-refractivity contribution in [2.24, 2.45) is 11.7 Å². The second-order valence-electron chi connectivity index (χ2n) is 9.39. The molecule has 5 nitrogen and oxygen atoms in total. The molecule has 0 saturated carbocycles. The zero-order chi connectivity index (χ0) is 22.6. The molecular weight excluding hydrogens is 390 g/mol. The predicted octanol–water partition coefficient (Wildman–Crippen LogP) is 4.82. The van der Waals surface area contributed by atoms with Crippen LogP contribution in [0, 0.1) is 5.92 Å². The standard InChI is InChI=1S/C26H33NO4/c1-17(25(29)31-26(2,3)4)13-14-18(27)15-24(28)30-16-23-21-11-7-5-9-19(21)20-10-6-8-12-22(20)23/h5-12,17-18,23H,13-16,27H2,1-4H3/t17?,18-/m0/s1. The van der Waals surface area contributed by atoms with E-state index in [1.54, 1.807) is 0 Å². The Hall–Kier alpha value is -2.66. The third-order valence-corrected chi connectivity index (χ3v) is 5.58. The molecule has 0 radical (unpaired) electrons. The van der Waals surface area contributed by atoms with E-state index in [1.165, 1.54) is 22.3 Å². The van der Waals surface area contributed by atoms with E-state index in [2.05, 4.69) is 24.3 Å². The summed E-state index contributed by atoms with van der Waals surface area (Å²) >= 11 is 0. The Labute approximate surface area is 184 Å². The summed E-state index contributed by atoms with van der Waals surface area (Å²) in [6.45, 7) is 7.67. The average molecular weight is 424 g/mol. The molecule has 3 rings (SSSR count). The number of carbonyl (C=O) groups excluding carboxylic acids is 2. The number of rotatable bonds is 8. The normalized spacial score (nSPS) is 15.0. The number of esters is 2. The van der Waals surface area contributed by atoms with E-state index in [4.69, 9.17) is 15.2 Å². The van der Waals surface area contributed by atoms with Gasteiger partial charge in [-0.1, -0.05) is 55.5 Å². The summed E-state index contributed by atoms with van der Waals surface area (Å²) in [7, 11) is 0. The number of ether oxygens (including phenoxy) is 2. The van der Waals surface area contributed by atoms with Gasteiger partial charge in [0.1, 0.15) is 12.2 Å². The molecule has 2 atom stereocenters. The Balaban J connectivity index is 1.49. The maximum atomic E-state index is 12.4. The lowest BCUT2D eigenvalue weighted by Gasteiger charge is -2.22. The fourth-order valence-corrected chi connectivity index (χ4v) is 3.98. The average Bonchev–Trinajstić information content (AvgIpc) is 3.03.